The smallest absolute Gasteiger partial charge is 0.258 e. The highest BCUT2D eigenvalue weighted by molar-refractivity contribution is 7.89. The quantitative estimate of drug-likeness (QED) is 0.867. The molecule has 2 N–H and O–H groups in total. The molecule has 114 valence electrons. The van der Waals surface area contributed by atoms with E-state index in [4.69, 9.17) is 4.52 Å². The first-order valence-electron chi connectivity index (χ1n) is 7.07. The minimum atomic E-state index is -3.58. The Labute approximate surface area is 123 Å². The van der Waals surface area contributed by atoms with Crippen molar-refractivity contribution in [2.45, 2.75) is 37.1 Å². The molecule has 1 saturated heterocycles. The average Bonchev–Trinajstić information content (AvgIpc) is 2.90. The van der Waals surface area contributed by atoms with Gasteiger partial charge in [0, 0.05) is 12.6 Å². The molecule has 1 aliphatic heterocycles. The summed E-state index contributed by atoms with van der Waals surface area (Å²) >= 11 is 0. The van der Waals surface area contributed by atoms with E-state index in [0.717, 1.165) is 19.4 Å². The first kappa shape index (κ1) is 14.4. The Kier molecular flexibility index (Phi) is 3.92. The Bertz CT molecular complexity index is 735. The zero-order valence-electron chi connectivity index (χ0n) is 11.8. The number of hydrogen-bond donors (Lipinski definition) is 2. The van der Waals surface area contributed by atoms with Crippen molar-refractivity contribution in [3.8, 4) is 0 Å². The maximum atomic E-state index is 12.4. The molecule has 0 spiro atoms. The zero-order chi connectivity index (χ0) is 14.9. The fraction of sp³-hybridized carbons (Fsp3) is 0.538. The predicted octanol–water partition coefficient (Wildman–Crippen LogP) is 0.815. The molecule has 21 heavy (non-hydrogen) atoms. The summed E-state index contributed by atoms with van der Waals surface area (Å²) in [6.07, 6.45) is 3.79. The van der Waals surface area contributed by atoms with Crippen LogP contribution in [0.4, 0.5) is 0 Å². The van der Waals surface area contributed by atoms with E-state index >= 15 is 0 Å². The number of piperidine rings is 1. The number of aryl methyl sites for hydroxylation is 1. The van der Waals surface area contributed by atoms with Crippen LogP contribution in [-0.2, 0) is 16.4 Å². The average molecular weight is 310 g/mol. The largest absolute Gasteiger partial charge is 0.336 e. The third kappa shape index (κ3) is 2.92. The van der Waals surface area contributed by atoms with Gasteiger partial charge in [-0.3, -0.25) is 0 Å². The molecule has 3 heterocycles. The summed E-state index contributed by atoms with van der Waals surface area (Å²) in [5.41, 5.74) is 1.08. The molecule has 1 atom stereocenters. The van der Waals surface area contributed by atoms with Crippen LogP contribution in [0.1, 0.15) is 25.5 Å². The van der Waals surface area contributed by atoms with E-state index in [0.29, 0.717) is 29.8 Å². The fourth-order valence-electron chi connectivity index (χ4n) is 2.50. The van der Waals surface area contributed by atoms with Crippen LogP contribution in [0.5, 0.6) is 0 Å². The van der Waals surface area contributed by atoms with Crippen LogP contribution in [0.15, 0.2) is 21.7 Å². The van der Waals surface area contributed by atoms with Crippen molar-refractivity contribution in [2.24, 2.45) is 0 Å². The zero-order valence-corrected chi connectivity index (χ0v) is 12.6. The topological polar surface area (TPSA) is 97.1 Å². The van der Waals surface area contributed by atoms with Crippen molar-refractivity contribution in [3.63, 3.8) is 0 Å². The summed E-state index contributed by atoms with van der Waals surface area (Å²) in [5, 5.41) is 7.73. The van der Waals surface area contributed by atoms with Crippen LogP contribution < -0.4 is 10.0 Å². The lowest BCUT2D eigenvalue weighted by atomic mass is 10.1. The SMILES string of the molecule is CCc1noc2ncc(S(=O)(=O)N[C@H]3CCCNC3)cc12. The Morgan fingerprint density at radius 3 is 3.10 bits per heavy atom. The first-order valence-corrected chi connectivity index (χ1v) is 8.56. The van der Waals surface area contributed by atoms with Gasteiger partial charge in [-0.05, 0) is 31.9 Å². The van der Waals surface area contributed by atoms with E-state index in [-0.39, 0.29) is 10.9 Å². The molecule has 0 aromatic carbocycles. The highest BCUT2D eigenvalue weighted by Gasteiger charge is 2.23. The summed E-state index contributed by atoms with van der Waals surface area (Å²) in [5.74, 6) is 0. The van der Waals surface area contributed by atoms with Crippen LogP contribution in [0.25, 0.3) is 11.1 Å². The van der Waals surface area contributed by atoms with Crippen molar-refractivity contribution in [1.29, 1.82) is 0 Å². The number of sulfonamides is 1. The highest BCUT2D eigenvalue weighted by atomic mass is 32.2. The monoisotopic (exact) mass is 310 g/mol. The van der Waals surface area contributed by atoms with Crippen LogP contribution >= 0.6 is 0 Å². The second-order valence-electron chi connectivity index (χ2n) is 5.17. The predicted molar refractivity (Wildman–Crippen MR) is 77.4 cm³/mol. The van der Waals surface area contributed by atoms with E-state index in [1.807, 2.05) is 6.92 Å². The number of fused-ring (bicyclic) bond motifs is 1. The fourth-order valence-corrected chi connectivity index (χ4v) is 3.74. The van der Waals surface area contributed by atoms with Gasteiger partial charge in [-0.15, -0.1) is 0 Å². The van der Waals surface area contributed by atoms with Crippen molar-refractivity contribution in [1.82, 2.24) is 20.2 Å². The van der Waals surface area contributed by atoms with E-state index in [2.05, 4.69) is 20.2 Å². The molecule has 8 heteroatoms. The Morgan fingerprint density at radius 1 is 1.52 bits per heavy atom. The molecular weight excluding hydrogens is 292 g/mol. The standard InChI is InChI=1S/C13H18N4O3S/c1-2-12-11-6-10(8-15-13(11)20-16-12)21(18,19)17-9-4-3-5-14-7-9/h6,8-9,14,17H,2-5,7H2,1H3/t9-/m0/s1. The van der Waals surface area contributed by atoms with E-state index in [1.54, 1.807) is 6.07 Å². The maximum Gasteiger partial charge on any atom is 0.258 e. The third-order valence-electron chi connectivity index (χ3n) is 3.64. The number of hydrogen-bond acceptors (Lipinski definition) is 6. The summed E-state index contributed by atoms with van der Waals surface area (Å²) in [6.45, 7) is 3.53. The van der Waals surface area contributed by atoms with Crippen molar-refractivity contribution >= 4 is 21.1 Å². The molecule has 0 amide bonds. The summed E-state index contributed by atoms with van der Waals surface area (Å²) < 4.78 is 32.7. The second kappa shape index (κ2) is 5.70. The number of rotatable bonds is 4. The number of nitrogens with zero attached hydrogens (tertiary/aromatic N) is 2. The minimum absolute atomic E-state index is 0.0763. The molecule has 0 unspecified atom stereocenters. The molecule has 1 aliphatic rings. The molecule has 2 aromatic heterocycles. The van der Waals surface area contributed by atoms with Gasteiger partial charge in [0.05, 0.1) is 17.3 Å². The van der Waals surface area contributed by atoms with Crippen LogP contribution in [0, 0.1) is 0 Å². The number of nitrogens with one attached hydrogen (secondary N) is 2. The van der Waals surface area contributed by atoms with Gasteiger partial charge in [-0.2, -0.15) is 0 Å². The molecule has 0 aliphatic carbocycles. The molecule has 7 nitrogen and oxygen atoms in total. The first-order chi connectivity index (χ1) is 10.1. The molecule has 0 radical (unpaired) electrons. The maximum absolute atomic E-state index is 12.4. The summed E-state index contributed by atoms with van der Waals surface area (Å²) in [4.78, 5) is 4.20. The summed E-state index contributed by atoms with van der Waals surface area (Å²) in [6, 6.07) is 1.50. The highest BCUT2D eigenvalue weighted by Crippen LogP contribution is 2.21. The Balaban J connectivity index is 1.90. The van der Waals surface area contributed by atoms with Gasteiger partial charge in [-0.25, -0.2) is 18.1 Å². The van der Waals surface area contributed by atoms with Crippen LogP contribution in [0.3, 0.4) is 0 Å². The molecular formula is C13H18N4O3S. The lowest BCUT2D eigenvalue weighted by molar-refractivity contribution is 0.428. The van der Waals surface area contributed by atoms with Crippen molar-refractivity contribution in [3.05, 3.63) is 18.0 Å². The van der Waals surface area contributed by atoms with Gasteiger partial charge in [0.15, 0.2) is 0 Å². The van der Waals surface area contributed by atoms with Gasteiger partial charge in [0.25, 0.3) is 5.71 Å². The molecule has 0 bridgehead atoms. The van der Waals surface area contributed by atoms with Crippen LogP contribution in [0.2, 0.25) is 0 Å². The van der Waals surface area contributed by atoms with Gasteiger partial charge in [0.2, 0.25) is 10.0 Å². The second-order valence-corrected chi connectivity index (χ2v) is 6.89. The van der Waals surface area contributed by atoms with Gasteiger partial charge in [0.1, 0.15) is 4.90 Å². The van der Waals surface area contributed by atoms with E-state index < -0.39 is 10.0 Å². The normalized spacial score (nSPS) is 20.0. The molecule has 1 fully saturated rings. The number of pyridine rings is 1. The lowest BCUT2D eigenvalue weighted by Gasteiger charge is -2.23. The number of aromatic nitrogens is 2. The molecule has 2 aromatic rings. The van der Waals surface area contributed by atoms with Gasteiger partial charge in [-0.1, -0.05) is 12.1 Å². The lowest BCUT2D eigenvalue weighted by Crippen LogP contribution is -2.45. The molecule has 0 saturated carbocycles. The Morgan fingerprint density at radius 2 is 2.38 bits per heavy atom. The van der Waals surface area contributed by atoms with Crippen molar-refractivity contribution < 1.29 is 12.9 Å². The van der Waals surface area contributed by atoms with E-state index in [9.17, 15) is 8.42 Å². The molecule has 3 rings (SSSR count). The summed E-state index contributed by atoms with van der Waals surface area (Å²) in [7, 11) is -3.58. The Hall–Kier alpha value is -1.51. The van der Waals surface area contributed by atoms with Gasteiger partial charge < -0.3 is 9.84 Å². The van der Waals surface area contributed by atoms with E-state index in [1.165, 1.54) is 6.20 Å². The minimum Gasteiger partial charge on any atom is -0.336 e. The van der Waals surface area contributed by atoms with Crippen LogP contribution in [-0.4, -0.2) is 37.7 Å². The third-order valence-corrected chi connectivity index (χ3v) is 5.13. The van der Waals surface area contributed by atoms with Gasteiger partial charge >= 0.3 is 0 Å². The van der Waals surface area contributed by atoms with Crippen molar-refractivity contribution in [2.75, 3.05) is 13.1 Å².